The molecule has 0 aliphatic rings. The Kier molecular flexibility index (Phi) is 8.92. The van der Waals surface area contributed by atoms with Gasteiger partial charge in [0.25, 0.3) is 0 Å². The Morgan fingerprint density at radius 3 is 1.67 bits per heavy atom. The normalized spacial score (nSPS) is 7.80. The minimum Gasteiger partial charge on any atom is -0.522 e. The van der Waals surface area contributed by atoms with Crippen LogP contribution < -0.4 is 4.74 Å². The van der Waals surface area contributed by atoms with Crippen LogP contribution in [0.2, 0.25) is 0 Å². The quantitative estimate of drug-likeness (QED) is 0.517. The maximum Gasteiger partial charge on any atom is 2.00 e. The smallest absolute Gasteiger partial charge is 0.522 e. The molecule has 0 spiro atoms. The molecule has 0 saturated carbocycles. The first-order chi connectivity index (χ1) is 6.93. The van der Waals surface area contributed by atoms with Crippen LogP contribution in [-0.4, -0.2) is 30.2 Å². The first-order valence-corrected chi connectivity index (χ1v) is 4.34. The van der Waals surface area contributed by atoms with Crippen molar-refractivity contribution < 1.29 is 4.74 Å². The van der Waals surface area contributed by atoms with Crippen molar-refractivity contribution >= 4 is 23.1 Å². The van der Waals surface area contributed by atoms with Crippen molar-refractivity contribution in [3.63, 3.8) is 0 Å². The van der Waals surface area contributed by atoms with Crippen molar-refractivity contribution in [2.24, 2.45) is 0 Å². The standard InChI is InChI=1S/C7H7O.C6H5.Mg/c1-8-7-5-3-2-4-6-7;1-2-4-6-5-3-1;/h3-6H,1H3;1-5H;/q2*-1;+2. The van der Waals surface area contributed by atoms with Crippen LogP contribution in [0.1, 0.15) is 0 Å². The van der Waals surface area contributed by atoms with Gasteiger partial charge in [-0.25, -0.2) is 0 Å². The molecule has 0 aliphatic heterocycles. The molecule has 0 N–H and O–H groups in total. The number of hydrogen-bond acceptors (Lipinski definition) is 1. The second-order valence-electron chi connectivity index (χ2n) is 2.52. The van der Waals surface area contributed by atoms with E-state index in [9.17, 15) is 0 Å². The number of rotatable bonds is 1. The number of methoxy groups -OCH3 is 1. The molecular formula is C13H12MgO. The zero-order chi connectivity index (χ0) is 10.1. The SMILES string of the molecule is COc1cc[c-]cc1.[Mg+2].[c-]1ccccc1. The summed E-state index contributed by atoms with van der Waals surface area (Å²) in [5, 5.41) is 0. The third-order valence-electron chi connectivity index (χ3n) is 1.53. The van der Waals surface area contributed by atoms with E-state index in [1.807, 2.05) is 54.6 Å². The van der Waals surface area contributed by atoms with Gasteiger partial charge in [-0.2, -0.15) is 54.6 Å². The van der Waals surface area contributed by atoms with Gasteiger partial charge in [0.15, 0.2) is 0 Å². The molecule has 0 fully saturated rings. The van der Waals surface area contributed by atoms with E-state index in [0.29, 0.717) is 0 Å². The second-order valence-corrected chi connectivity index (χ2v) is 2.52. The molecule has 0 heterocycles. The monoisotopic (exact) mass is 208 g/mol. The molecular weight excluding hydrogens is 196 g/mol. The fourth-order valence-corrected chi connectivity index (χ4v) is 0.850. The molecule has 2 heteroatoms. The maximum absolute atomic E-state index is 4.89. The summed E-state index contributed by atoms with van der Waals surface area (Å²) >= 11 is 0. The van der Waals surface area contributed by atoms with Crippen molar-refractivity contribution in [3.8, 4) is 5.75 Å². The number of ether oxygens (including phenoxy) is 1. The Balaban J connectivity index is 0.000000253. The van der Waals surface area contributed by atoms with Gasteiger partial charge in [-0.3, -0.25) is 0 Å². The average Bonchev–Trinajstić information content (AvgIpc) is 2.33. The summed E-state index contributed by atoms with van der Waals surface area (Å²) in [5.74, 6) is 0.878. The zero-order valence-electron chi connectivity index (χ0n) is 8.81. The van der Waals surface area contributed by atoms with Crippen molar-refractivity contribution in [2.45, 2.75) is 0 Å². The Morgan fingerprint density at radius 2 is 1.40 bits per heavy atom. The molecule has 0 atom stereocenters. The van der Waals surface area contributed by atoms with Crippen LogP contribution >= 0.6 is 0 Å². The molecule has 1 nitrogen and oxygen atoms in total. The molecule has 0 amide bonds. The molecule has 0 radical (unpaired) electrons. The van der Waals surface area contributed by atoms with Crippen molar-refractivity contribution in [1.29, 1.82) is 0 Å². The molecule has 0 bridgehead atoms. The summed E-state index contributed by atoms with van der Waals surface area (Å²) in [4.78, 5) is 0. The van der Waals surface area contributed by atoms with Crippen molar-refractivity contribution in [1.82, 2.24) is 0 Å². The van der Waals surface area contributed by atoms with E-state index < -0.39 is 0 Å². The summed E-state index contributed by atoms with van der Waals surface area (Å²) in [5.41, 5.74) is 0. The van der Waals surface area contributed by atoms with Crippen LogP contribution in [0.3, 0.4) is 0 Å². The van der Waals surface area contributed by atoms with Gasteiger partial charge in [0, 0.05) is 5.75 Å². The molecule has 2 aromatic carbocycles. The van der Waals surface area contributed by atoms with E-state index in [0.717, 1.165) is 5.75 Å². The van der Waals surface area contributed by atoms with E-state index in [-0.39, 0.29) is 23.1 Å². The number of benzene rings is 2. The van der Waals surface area contributed by atoms with Crippen molar-refractivity contribution in [3.05, 3.63) is 66.7 Å². The first kappa shape index (κ1) is 14.0. The summed E-state index contributed by atoms with van der Waals surface area (Å²) in [6.07, 6.45) is 0. The molecule has 2 aromatic rings. The maximum atomic E-state index is 4.89. The predicted octanol–water partition coefficient (Wildman–Crippen LogP) is 2.60. The average molecular weight is 209 g/mol. The Morgan fingerprint density at radius 1 is 0.867 bits per heavy atom. The Labute approximate surface area is 107 Å². The predicted molar refractivity (Wildman–Crippen MR) is 62.9 cm³/mol. The Bertz CT molecular complexity index is 294. The van der Waals surface area contributed by atoms with E-state index in [1.54, 1.807) is 7.11 Å². The van der Waals surface area contributed by atoms with Crippen LogP contribution in [0.5, 0.6) is 5.75 Å². The van der Waals surface area contributed by atoms with Crippen LogP contribution in [0, 0.1) is 12.1 Å². The van der Waals surface area contributed by atoms with Gasteiger partial charge in [-0.05, 0) is 0 Å². The third-order valence-corrected chi connectivity index (χ3v) is 1.53. The fraction of sp³-hybridized carbons (Fsp3) is 0.0769. The molecule has 2 rings (SSSR count). The van der Waals surface area contributed by atoms with E-state index in [2.05, 4.69) is 12.1 Å². The first-order valence-electron chi connectivity index (χ1n) is 4.34. The van der Waals surface area contributed by atoms with Gasteiger partial charge in [-0.15, -0.1) is 12.1 Å². The topological polar surface area (TPSA) is 9.23 Å². The van der Waals surface area contributed by atoms with Gasteiger partial charge in [0.1, 0.15) is 0 Å². The molecule has 72 valence electrons. The van der Waals surface area contributed by atoms with Gasteiger partial charge in [0.05, 0.1) is 7.11 Å². The van der Waals surface area contributed by atoms with Gasteiger partial charge >= 0.3 is 23.1 Å². The fourth-order valence-electron chi connectivity index (χ4n) is 0.850. The zero-order valence-corrected chi connectivity index (χ0v) is 10.2. The van der Waals surface area contributed by atoms with Crippen LogP contribution in [0.4, 0.5) is 0 Å². The molecule has 0 aromatic heterocycles. The molecule has 0 saturated heterocycles. The molecule has 0 unspecified atom stereocenters. The minimum absolute atomic E-state index is 0. The van der Waals surface area contributed by atoms with Gasteiger partial charge in [-0.1, -0.05) is 0 Å². The van der Waals surface area contributed by atoms with Gasteiger partial charge in [0.2, 0.25) is 0 Å². The molecule has 0 aliphatic carbocycles. The minimum atomic E-state index is 0. The van der Waals surface area contributed by atoms with Crippen LogP contribution in [0.15, 0.2) is 54.6 Å². The van der Waals surface area contributed by atoms with E-state index >= 15 is 0 Å². The second kappa shape index (κ2) is 9.56. The van der Waals surface area contributed by atoms with E-state index in [4.69, 9.17) is 4.74 Å². The van der Waals surface area contributed by atoms with Crippen molar-refractivity contribution in [2.75, 3.05) is 7.11 Å². The van der Waals surface area contributed by atoms with Gasteiger partial charge < -0.3 is 4.74 Å². The summed E-state index contributed by atoms with van der Waals surface area (Å²) in [7, 11) is 1.65. The summed E-state index contributed by atoms with van der Waals surface area (Å²) < 4.78 is 4.89. The Hall–Kier alpha value is -0.994. The summed E-state index contributed by atoms with van der Waals surface area (Å²) in [6, 6.07) is 22.7. The largest absolute Gasteiger partial charge is 2.00 e. The third kappa shape index (κ3) is 7.00. The number of hydrogen-bond donors (Lipinski definition) is 0. The van der Waals surface area contributed by atoms with E-state index in [1.165, 1.54) is 0 Å². The van der Waals surface area contributed by atoms with Crippen LogP contribution in [0.25, 0.3) is 0 Å². The summed E-state index contributed by atoms with van der Waals surface area (Å²) in [6.45, 7) is 0. The molecule has 15 heavy (non-hydrogen) atoms. The van der Waals surface area contributed by atoms with Crippen LogP contribution in [-0.2, 0) is 0 Å².